The third-order valence-electron chi connectivity index (χ3n) is 4.64. The molecule has 156 valence electrons. The normalized spacial score (nSPS) is 13.2. The molecule has 2 heterocycles. The third-order valence-corrected chi connectivity index (χ3v) is 5.50. The molecule has 0 aliphatic carbocycles. The van der Waals surface area contributed by atoms with Crippen molar-refractivity contribution >= 4 is 22.9 Å². The molecule has 0 saturated carbocycles. The summed E-state index contributed by atoms with van der Waals surface area (Å²) >= 11 is 1.51. The number of carbonyl (C=O) groups excluding carboxylic acids is 1. The van der Waals surface area contributed by atoms with Gasteiger partial charge in [-0.1, -0.05) is 24.3 Å². The zero-order chi connectivity index (χ0) is 21.1. The van der Waals surface area contributed by atoms with Gasteiger partial charge in [0.1, 0.15) is 13.2 Å². The fourth-order valence-electron chi connectivity index (χ4n) is 3.21. The number of nitrogens with zero attached hydrogens (tertiary/aromatic N) is 1. The molecule has 0 saturated heterocycles. The number of hydrogen-bond donors (Lipinski definition) is 0. The van der Waals surface area contributed by atoms with Crippen LogP contribution in [0.5, 0.6) is 11.5 Å². The fourth-order valence-corrected chi connectivity index (χ4v) is 3.90. The number of halogens is 3. The summed E-state index contributed by atoms with van der Waals surface area (Å²) in [5, 5.41) is 1.91. The average molecular weight is 433 g/mol. The van der Waals surface area contributed by atoms with Crippen molar-refractivity contribution in [2.45, 2.75) is 19.1 Å². The van der Waals surface area contributed by atoms with Crippen LogP contribution in [0.25, 0.3) is 0 Å². The number of fused-ring (bicyclic) bond motifs is 1. The van der Waals surface area contributed by atoms with Gasteiger partial charge in [0.15, 0.2) is 11.5 Å². The van der Waals surface area contributed by atoms with Crippen LogP contribution in [0, 0.1) is 0 Å². The summed E-state index contributed by atoms with van der Waals surface area (Å²) < 4.78 is 50.2. The van der Waals surface area contributed by atoms with Crippen LogP contribution in [0.15, 0.2) is 60.0 Å². The number of alkyl halides is 3. The highest BCUT2D eigenvalue weighted by atomic mass is 32.1. The summed E-state index contributed by atoms with van der Waals surface area (Å²) in [4.78, 5) is 15.7. The van der Waals surface area contributed by atoms with Gasteiger partial charge in [-0.05, 0) is 35.2 Å². The van der Waals surface area contributed by atoms with Crippen molar-refractivity contribution in [3.63, 3.8) is 0 Å². The summed E-state index contributed by atoms with van der Waals surface area (Å²) in [6, 6.07) is 13.9. The lowest BCUT2D eigenvalue weighted by Gasteiger charge is -2.25. The Bertz CT molecular complexity index is 1030. The number of thiophene rings is 1. The van der Waals surface area contributed by atoms with E-state index in [2.05, 4.69) is 0 Å². The van der Waals surface area contributed by atoms with Gasteiger partial charge in [-0.15, -0.1) is 11.3 Å². The second-order valence-electron chi connectivity index (χ2n) is 6.76. The van der Waals surface area contributed by atoms with Crippen molar-refractivity contribution in [1.29, 1.82) is 0 Å². The minimum absolute atomic E-state index is 0.149. The van der Waals surface area contributed by atoms with Crippen molar-refractivity contribution in [3.05, 3.63) is 76.0 Å². The molecule has 0 radical (unpaired) electrons. The molecule has 0 N–H and O–H groups in total. The lowest BCUT2D eigenvalue weighted by atomic mass is 10.1. The van der Waals surface area contributed by atoms with Gasteiger partial charge in [-0.25, -0.2) is 0 Å². The molecule has 8 heteroatoms. The molecular formula is C22H18F3NO3S. The minimum Gasteiger partial charge on any atom is -0.486 e. The van der Waals surface area contributed by atoms with Gasteiger partial charge in [-0.3, -0.25) is 4.79 Å². The molecule has 1 aromatic heterocycles. The van der Waals surface area contributed by atoms with Crippen LogP contribution in [0.2, 0.25) is 0 Å². The number of rotatable bonds is 5. The predicted octanol–water partition coefficient (Wildman–Crippen LogP) is 5.31. The van der Waals surface area contributed by atoms with Gasteiger partial charge in [0.25, 0.3) is 0 Å². The van der Waals surface area contributed by atoms with Crippen molar-refractivity contribution in [3.8, 4) is 11.5 Å². The number of ether oxygens (including phenoxy) is 2. The van der Waals surface area contributed by atoms with Gasteiger partial charge >= 0.3 is 6.18 Å². The second kappa shape index (κ2) is 8.39. The summed E-state index contributed by atoms with van der Waals surface area (Å²) in [6.07, 6.45) is -4.60. The average Bonchev–Trinajstić information content (AvgIpc) is 3.24. The number of hydrogen-bond acceptors (Lipinski definition) is 4. The standard InChI is InChI=1S/C22H18F3NO3S/c23-22(24,25)16-4-1-3-15(11-16)12-21(27)26(14-18-5-2-10-30-18)17-6-7-19-20(13-17)29-9-8-28-19/h1-7,10-11,13H,8-9,12,14H2. The lowest BCUT2D eigenvalue weighted by Crippen LogP contribution is -2.31. The third kappa shape index (κ3) is 4.59. The number of benzene rings is 2. The highest BCUT2D eigenvalue weighted by Gasteiger charge is 2.30. The van der Waals surface area contributed by atoms with Gasteiger partial charge in [-0.2, -0.15) is 13.2 Å². The Morgan fingerprint density at radius 1 is 1.00 bits per heavy atom. The van der Waals surface area contributed by atoms with E-state index in [1.807, 2.05) is 17.5 Å². The zero-order valence-electron chi connectivity index (χ0n) is 15.8. The zero-order valence-corrected chi connectivity index (χ0v) is 16.6. The number of anilines is 1. The summed E-state index contributed by atoms with van der Waals surface area (Å²) in [6.45, 7) is 1.19. The Hall–Kier alpha value is -3.00. The Labute approximate surface area is 175 Å². The Kier molecular flexibility index (Phi) is 5.67. The first-order valence-corrected chi connectivity index (χ1v) is 10.2. The van der Waals surface area contributed by atoms with Crippen LogP contribution in [-0.4, -0.2) is 19.1 Å². The quantitative estimate of drug-likeness (QED) is 0.547. The smallest absolute Gasteiger partial charge is 0.416 e. The monoisotopic (exact) mass is 433 g/mol. The maximum atomic E-state index is 13.1. The molecular weight excluding hydrogens is 415 g/mol. The molecule has 2 aromatic carbocycles. The van der Waals surface area contributed by atoms with Crippen LogP contribution in [0.4, 0.5) is 18.9 Å². The number of amides is 1. The Morgan fingerprint density at radius 3 is 2.53 bits per heavy atom. The molecule has 0 bridgehead atoms. The molecule has 0 atom stereocenters. The predicted molar refractivity (Wildman–Crippen MR) is 108 cm³/mol. The van der Waals surface area contributed by atoms with Crippen molar-refractivity contribution < 1.29 is 27.4 Å². The maximum Gasteiger partial charge on any atom is 0.416 e. The van der Waals surface area contributed by atoms with Crippen molar-refractivity contribution in [2.24, 2.45) is 0 Å². The van der Waals surface area contributed by atoms with E-state index in [1.54, 1.807) is 23.1 Å². The Morgan fingerprint density at radius 2 is 1.80 bits per heavy atom. The van der Waals surface area contributed by atoms with Crippen LogP contribution in [-0.2, 0) is 23.9 Å². The molecule has 4 nitrogen and oxygen atoms in total. The summed E-state index contributed by atoms with van der Waals surface area (Å²) in [7, 11) is 0. The largest absolute Gasteiger partial charge is 0.486 e. The van der Waals surface area contributed by atoms with E-state index in [4.69, 9.17) is 9.47 Å². The summed E-state index contributed by atoms with van der Waals surface area (Å²) in [5.74, 6) is 0.840. The molecule has 0 fully saturated rings. The SMILES string of the molecule is O=C(Cc1cccc(C(F)(F)F)c1)N(Cc1cccs1)c1ccc2c(c1)OCCO2. The van der Waals surface area contributed by atoms with Crippen LogP contribution in [0.3, 0.4) is 0 Å². The van der Waals surface area contributed by atoms with E-state index >= 15 is 0 Å². The van der Waals surface area contributed by atoms with Crippen molar-refractivity contribution in [1.82, 2.24) is 0 Å². The van der Waals surface area contributed by atoms with Gasteiger partial charge < -0.3 is 14.4 Å². The van der Waals surface area contributed by atoms with E-state index in [0.29, 0.717) is 42.5 Å². The first-order chi connectivity index (χ1) is 14.4. The van der Waals surface area contributed by atoms with Crippen LogP contribution in [0.1, 0.15) is 16.0 Å². The Balaban J connectivity index is 1.62. The maximum absolute atomic E-state index is 13.1. The lowest BCUT2D eigenvalue weighted by molar-refractivity contribution is -0.137. The van der Waals surface area contributed by atoms with E-state index in [0.717, 1.165) is 17.0 Å². The van der Waals surface area contributed by atoms with Crippen molar-refractivity contribution in [2.75, 3.05) is 18.1 Å². The first kappa shape index (κ1) is 20.3. The fraction of sp³-hybridized carbons (Fsp3) is 0.227. The molecule has 0 unspecified atom stereocenters. The molecule has 1 aliphatic rings. The number of carbonyl (C=O) groups is 1. The summed E-state index contributed by atoms with van der Waals surface area (Å²) in [5.41, 5.74) is 0.144. The minimum atomic E-state index is -4.45. The molecule has 1 amide bonds. The van der Waals surface area contributed by atoms with Gasteiger partial charge in [0, 0.05) is 16.6 Å². The van der Waals surface area contributed by atoms with Gasteiger partial charge in [0.2, 0.25) is 5.91 Å². The van der Waals surface area contributed by atoms with E-state index in [-0.39, 0.29) is 12.3 Å². The second-order valence-corrected chi connectivity index (χ2v) is 7.79. The van der Waals surface area contributed by atoms with Gasteiger partial charge in [0.05, 0.1) is 18.5 Å². The topological polar surface area (TPSA) is 38.8 Å². The first-order valence-electron chi connectivity index (χ1n) is 9.29. The highest BCUT2D eigenvalue weighted by molar-refractivity contribution is 7.09. The highest BCUT2D eigenvalue weighted by Crippen LogP contribution is 2.35. The molecule has 30 heavy (non-hydrogen) atoms. The van der Waals surface area contributed by atoms with E-state index in [1.165, 1.54) is 23.5 Å². The van der Waals surface area contributed by atoms with Crippen LogP contribution >= 0.6 is 11.3 Å². The molecule has 0 spiro atoms. The van der Waals surface area contributed by atoms with E-state index < -0.39 is 11.7 Å². The van der Waals surface area contributed by atoms with Crippen LogP contribution < -0.4 is 14.4 Å². The molecule has 4 rings (SSSR count). The molecule has 1 aliphatic heterocycles. The molecule has 3 aromatic rings. The van der Waals surface area contributed by atoms with E-state index in [9.17, 15) is 18.0 Å².